The lowest BCUT2D eigenvalue weighted by Gasteiger charge is -2.22. The molecule has 0 saturated carbocycles. The van der Waals surface area contributed by atoms with E-state index in [1.54, 1.807) is 18.2 Å². The highest BCUT2D eigenvalue weighted by molar-refractivity contribution is 7.67. The lowest BCUT2D eigenvalue weighted by molar-refractivity contribution is -0.533. The third-order valence-corrected chi connectivity index (χ3v) is 4.94. The van der Waals surface area contributed by atoms with Gasteiger partial charge in [0.2, 0.25) is 0 Å². The molecule has 0 aromatic heterocycles. The Morgan fingerprint density at radius 1 is 1.33 bits per heavy atom. The van der Waals surface area contributed by atoms with Gasteiger partial charge in [0.15, 0.2) is 0 Å². The molecule has 0 aliphatic carbocycles. The molecule has 1 unspecified atom stereocenters. The molecular formula is C9H12NO4P. The van der Waals surface area contributed by atoms with Gasteiger partial charge in [-0.15, -0.1) is 0 Å². The Morgan fingerprint density at radius 3 is 2.20 bits per heavy atom. The Labute approximate surface area is 87.3 Å². The fourth-order valence-electron chi connectivity index (χ4n) is 1.06. The molecule has 1 atom stereocenters. The second-order valence-corrected chi connectivity index (χ2v) is 6.43. The van der Waals surface area contributed by atoms with Crippen LogP contribution < -0.4 is 5.30 Å². The number of rotatable bonds is 3. The average molecular weight is 229 g/mol. The maximum atomic E-state index is 12.0. The van der Waals surface area contributed by atoms with Crippen LogP contribution in [0.5, 0.6) is 0 Å². The van der Waals surface area contributed by atoms with Crippen LogP contribution in [0.1, 0.15) is 13.8 Å². The van der Waals surface area contributed by atoms with Crippen LogP contribution in [0, 0.1) is 10.1 Å². The van der Waals surface area contributed by atoms with Gasteiger partial charge in [-0.2, -0.15) is 0 Å². The highest BCUT2D eigenvalue weighted by Crippen LogP contribution is 2.52. The van der Waals surface area contributed by atoms with E-state index in [-0.39, 0.29) is 5.30 Å². The summed E-state index contributed by atoms with van der Waals surface area (Å²) in [7, 11) is -4.00. The monoisotopic (exact) mass is 229 g/mol. The SMILES string of the molecule is CC(C)([N+](=O)[O-])P(=O)(O)c1ccccc1. The van der Waals surface area contributed by atoms with Gasteiger partial charge in [-0.3, -0.25) is 14.7 Å². The van der Waals surface area contributed by atoms with E-state index >= 15 is 0 Å². The zero-order valence-electron chi connectivity index (χ0n) is 8.45. The molecule has 0 bridgehead atoms. The van der Waals surface area contributed by atoms with Crippen LogP contribution in [0.15, 0.2) is 30.3 Å². The molecule has 6 heteroatoms. The first-order valence-corrected chi connectivity index (χ1v) is 5.99. The van der Waals surface area contributed by atoms with Crippen molar-refractivity contribution in [2.24, 2.45) is 0 Å². The summed E-state index contributed by atoms with van der Waals surface area (Å²) in [6, 6.07) is 7.68. The second-order valence-electron chi connectivity index (χ2n) is 3.66. The van der Waals surface area contributed by atoms with Gasteiger partial charge in [-0.1, -0.05) is 18.2 Å². The second kappa shape index (κ2) is 3.76. The highest BCUT2D eigenvalue weighted by atomic mass is 31.2. The van der Waals surface area contributed by atoms with E-state index in [9.17, 15) is 19.6 Å². The minimum atomic E-state index is -4.00. The predicted octanol–water partition coefficient (Wildman–Crippen LogP) is 1.60. The number of hydrogen-bond acceptors (Lipinski definition) is 3. The molecule has 0 saturated heterocycles. The van der Waals surface area contributed by atoms with Gasteiger partial charge in [0, 0.05) is 24.1 Å². The minimum Gasteiger partial charge on any atom is -0.336 e. The molecule has 0 fully saturated rings. The van der Waals surface area contributed by atoms with E-state index in [4.69, 9.17) is 0 Å². The molecule has 1 N–H and O–H groups in total. The molecule has 0 aliphatic heterocycles. The van der Waals surface area contributed by atoms with Gasteiger partial charge in [-0.05, 0) is 12.1 Å². The molecular weight excluding hydrogens is 217 g/mol. The number of nitro groups is 1. The van der Waals surface area contributed by atoms with Crippen molar-refractivity contribution >= 4 is 12.7 Å². The first-order valence-electron chi connectivity index (χ1n) is 4.33. The molecule has 15 heavy (non-hydrogen) atoms. The molecule has 0 spiro atoms. The summed E-state index contributed by atoms with van der Waals surface area (Å²) in [5.74, 6) is 0. The Hall–Kier alpha value is -1.19. The van der Waals surface area contributed by atoms with E-state index in [2.05, 4.69) is 0 Å². The summed E-state index contributed by atoms with van der Waals surface area (Å²) in [5, 5.41) is 8.95. The van der Waals surface area contributed by atoms with Gasteiger partial charge < -0.3 is 4.89 Å². The zero-order chi connectivity index (χ0) is 11.7. The molecule has 0 radical (unpaired) electrons. The maximum Gasteiger partial charge on any atom is 0.303 e. The van der Waals surface area contributed by atoms with Crippen molar-refractivity contribution in [2.45, 2.75) is 19.1 Å². The third kappa shape index (κ3) is 1.94. The van der Waals surface area contributed by atoms with Crippen LogP contribution in [0.3, 0.4) is 0 Å². The smallest absolute Gasteiger partial charge is 0.303 e. The quantitative estimate of drug-likeness (QED) is 0.485. The van der Waals surface area contributed by atoms with Gasteiger partial charge in [0.1, 0.15) is 0 Å². The maximum absolute atomic E-state index is 12.0. The third-order valence-electron chi connectivity index (χ3n) is 2.29. The van der Waals surface area contributed by atoms with Gasteiger partial charge in [0.05, 0.1) is 0 Å². The summed E-state index contributed by atoms with van der Waals surface area (Å²) in [6.07, 6.45) is 0. The van der Waals surface area contributed by atoms with Crippen molar-refractivity contribution in [1.29, 1.82) is 0 Å². The van der Waals surface area contributed by atoms with Crippen molar-refractivity contribution < 1.29 is 14.4 Å². The van der Waals surface area contributed by atoms with Crippen molar-refractivity contribution in [2.75, 3.05) is 0 Å². The van der Waals surface area contributed by atoms with Crippen LogP contribution >= 0.6 is 7.37 Å². The van der Waals surface area contributed by atoms with E-state index in [0.717, 1.165) is 13.8 Å². The Bertz CT molecular complexity index is 415. The fourth-order valence-corrected chi connectivity index (χ4v) is 2.49. The van der Waals surface area contributed by atoms with Gasteiger partial charge in [-0.25, -0.2) is 0 Å². The molecule has 1 rings (SSSR count). The molecule has 1 aromatic carbocycles. The largest absolute Gasteiger partial charge is 0.336 e. The molecule has 0 heterocycles. The Balaban J connectivity index is 3.26. The molecule has 0 amide bonds. The Morgan fingerprint density at radius 2 is 1.80 bits per heavy atom. The number of benzene rings is 1. The molecule has 1 aromatic rings. The predicted molar refractivity (Wildman–Crippen MR) is 57.0 cm³/mol. The van der Waals surface area contributed by atoms with Gasteiger partial charge >= 0.3 is 7.37 Å². The Kier molecular flexibility index (Phi) is 2.98. The molecule has 0 aliphatic rings. The first kappa shape index (κ1) is 11.9. The van der Waals surface area contributed by atoms with E-state index in [1.807, 2.05) is 0 Å². The van der Waals surface area contributed by atoms with Crippen molar-refractivity contribution in [3.8, 4) is 0 Å². The first-order chi connectivity index (χ1) is 6.80. The van der Waals surface area contributed by atoms with Gasteiger partial charge in [0.25, 0.3) is 5.28 Å². The molecule has 82 valence electrons. The lowest BCUT2D eigenvalue weighted by Crippen LogP contribution is -2.34. The average Bonchev–Trinajstić information content (AvgIpc) is 2.18. The van der Waals surface area contributed by atoms with E-state index in [1.165, 1.54) is 12.1 Å². The van der Waals surface area contributed by atoms with Crippen molar-refractivity contribution in [3.05, 3.63) is 40.4 Å². The fraction of sp³-hybridized carbons (Fsp3) is 0.333. The highest BCUT2D eigenvalue weighted by Gasteiger charge is 2.51. The van der Waals surface area contributed by atoms with Crippen LogP contribution in [0.2, 0.25) is 0 Å². The summed E-state index contributed by atoms with van der Waals surface area (Å²) in [6.45, 7) is 2.31. The van der Waals surface area contributed by atoms with Crippen molar-refractivity contribution in [3.63, 3.8) is 0 Å². The molecule has 5 nitrogen and oxygen atoms in total. The van der Waals surface area contributed by atoms with Crippen LogP contribution in [0.4, 0.5) is 0 Å². The van der Waals surface area contributed by atoms with Crippen LogP contribution in [-0.4, -0.2) is 15.1 Å². The standard InChI is InChI=1S/C9H12NO4P/c1-9(2,10(11)12)15(13,14)8-6-4-3-5-7-8/h3-7H,1-2H3,(H,13,14). The normalized spacial score (nSPS) is 15.7. The van der Waals surface area contributed by atoms with Crippen molar-refractivity contribution in [1.82, 2.24) is 0 Å². The summed E-state index contributed by atoms with van der Waals surface area (Å²) >= 11 is 0. The topological polar surface area (TPSA) is 80.4 Å². The minimum absolute atomic E-state index is 0.103. The zero-order valence-corrected chi connectivity index (χ0v) is 9.35. The van der Waals surface area contributed by atoms with Crippen LogP contribution in [0.25, 0.3) is 0 Å². The number of hydrogen-bond donors (Lipinski definition) is 1. The number of nitrogens with zero attached hydrogens (tertiary/aromatic N) is 1. The van der Waals surface area contributed by atoms with E-state index < -0.39 is 17.6 Å². The summed E-state index contributed by atoms with van der Waals surface area (Å²) < 4.78 is 12.0. The summed E-state index contributed by atoms with van der Waals surface area (Å²) in [4.78, 5) is 19.8. The van der Waals surface area contributed by atoms with E-state index in [0.29, 0.717) is 0 Å². The van der Waals surface area contributed by atoms with Crippen LogP contribution in [-0.2, 0) is 4.57 Å². The lowest BCUT2D eigenvalue weighted by atomic mass is 10.4. The summed E-state index contributed by atoms with van der Waals surface area (Å²) in [5.41, 5.74) is 0.